The Labute approximate surface area is 165 Å². The van der Waals surface area contributed by atoms with Gasteiger partial charge in [0.15, 0.2) is 17.3 Å². The van der Waals surface area contributed by atoms with Crippen LogP contribution in [0.15, 0.2) is 52.7 Å². The molecule has 0 spiro atoms. The molecule has 2 rings (SSSR count). The third kappa shape index (κ3) is 4.36. The Bertz CT molecular complexity index is 828. The van der Waals surface area contributed by atoms with E-state index in [2.05, 4.69) is 11.9 Å². The van der Waals surface area contributed by atoms with Crippen LogP contribution in [0.3, 0.4) is 0 Å². The Hall–Kier alpha value is -3.22. The fraction of sp³-hybridized carbons (Fsp3) is 0.333. The lowest BCUT2D eigenvalue weighted by Gasteiger charge is -2.18. The molecule has 7 nitrogen and oxygen atoms in total. The lowest BCUT2D eigenvalue weighted by atomic mass is 9.96. The highest BCUT2D eigenvalue weighted by Gasteiger charge is 2.22. The topological polar surface area (TPSA) is 109 Å². The van der Waals surface area contributed by atoms with Crippen LogP contribution in [-0.2, 0) is 0 Å². The second-order valence-corrected chi connectivity index (χ2v) is 6.11. The maximum atomic E-state index is 13.1. The van der Waals surface area contributed by atoms with Gasteiger partial charge < -0.3 is 25.7 Å². The van der Waals surface area contributed by atoms with Gasteiger partial charge in [-0.25, -0.2) is 0 Å². The molecule has 1 aliphatic carbocycles. The summed E-state index contributed by atoms with van der Waals surface area (Å²) >= 11 is 0. The number of nitrogens with zero attached hydrogens (tertiary/aromatic N) is 1. The number of carbonyl (C=O) groups is 1. The molecule has 0 radical (unpaired) electrons. The van der Waals surface area contributed by atoms with E-state index in [0.717, 1.165) is 18.4 Å². The molecule has 28 heavy (non-hydrogen) atoms. The van der Waals surface area contributed by atoms with E-state index in [1.807, 2.05) is 18.2 Å². The van der Waals surface area contributed by atoms with Gasteiger partial charge in [-0.05, 0) is 30.5 Å². The van der Waals surface area contributed by atoms with Crippen molar-refractivity contribution in [1.82, 2.24) is 0 Å². The van der Waals surface area contributed by atoms with Crippen LogP contribution in [0.1, 0.15) is 30.1 Å². The number of benzene rings is 1. The summed E-state index contributed by atoms with van der Waals surface area (Å²) in [4.78, 5) is 17.6. The SMILES string of the molecule is CCC1=CC=CCC1N=C(N)C(=CN)C(=O)c1cc(OC)c(OC)c(OC)c1. The number of rotatable bonds is 8. The van der Waals surface area contributed by atoms with Crippen molar-refractivity contribution in [2.24, 2.45) is 16.5 Å². The zero-order valence-electron chi connectivity index (χ0n) is 16.7. The van der Waals surface area contributed by atoms with E-state index >= 15 is 0 Å². The molecule has 0 saturated heterocycles. The molecule has 1 aliphatic rings. The Kier molecular flexibility index (Phi) is 7.26. The number of hydrogen-bond donors (Lipinski definition) is 2. The average Bonchev–Trinajstić information content (AvgIpc) is 2.73. The van der Waals surface area contributed by atoms with Crippen LogP contribution < -0.4 is 25.7 Å². The van der Waals surface area contributed by atoms with Crippen LogP contribution in [0.2, 0.25) is 0 Å². The highest BCUT2D eigenvalue weighted by molar-refractivity contribution is 6.27. The van der Waals surface area contributed by atoms with Crippen LogP contribution in [0.5, 0.6) is 17.2 Å². The summed E-state index contributed by atoms with van der Waals surface area (Å²) in [5.74, 6) is 0.849. The number of aliphatic imine (C=N–C) groups is 1. The van der Waals surface area contributed by atoms with Crippen molar-refractivity contribution < 1.29 is 19.0 Å². The molecule has 0 aliphatic heterocycles. The molecular weight excluding hydrogens is 358 g/mol. The smallest absolute Gasteiger partial charge is 0.203 e. The summed E-state index contributed by atoms with van der Waals surface area (Å²) in [5, 5.41) is 0. The summed E-state index contributed by atoms with van der Waals surface area (Å²) in [6.07, 6.45) is 8.82. The fourth-order valence-corrected chi connectivity index (χ4v) is 3.03. The zero-order valence-corrected chi connectivity index (χ0v) is 16.7. The average molecular weight is 385 g/mol. The Balaban J connectivity index is 2.39. The standard InChI is InChI=1S/C21H27N3O4/c1-5-13-8-6-7-9-16(13)24-21(23)15(12-22)19(25)14-10-17(26-2)20(28-4)18(11-14)27-3/h6-8,10-12,16H,5,9,22H2,1-4H3,(H2,23,24). The van der Waals surface area contributed by atoms with Crippen molar-refractivity contribution in [2.75, 3.05) is 21.3 Å². The second-order valence-electron chi connectivity index (χ2n) is 6.11. The lowest BCUT2D eigenvalue weighted by Crippen LogP contribution is -2.26. The van der Waals surface area contributed by atoms with E-state index in [1.54, 1.807) is 12.1 Å². The third-order valence-electron chi connectivity index (χ3n) is 4.55. The molecule has 1 atom stereocenters. The number of ketones is 1. The van der Waals surface area contributed by atoms with Crippen molar-refractivity contribution in [1.29, 1.82) is 0 Å². The van der Waals surface area contributed by atoms with Gasteiger partial charge in [0.05, 0.1) is 32.9 Å². The Morgan fingerprint density at radius 3 is 2.36 bits per heavy atom. The van der Waals surface area contributed by atoms with Crippen LogP contribution in [0.25, 0.3) is 0 Å². The van der Waals surface area contributed by atoms with Gasteiger partial charge in [0.2, 0.25) is 5.75 Å². The Morgan fingerprint density at radius 1 is 1.21 bits per heavy atom. The predicted molar refractivity (Wildman–Crippen MR) is 110 cm³/mol. The molecule has 0 heterocycles. The minimum Gasteiger partial charge on any atom is -0.493 e. The number of ether oxygens (including phenoxy) is 3. The van der Waals surface area contributed by atoms with Gasteiger partial charge in [-0.3, -0.25) is 9.79 Å². The molecule has 0 bridgehead atoms. The number of nitrogens with two attached hydrogens (primary N) is 2. The first-order chi connectivity index (χ1) is 13.5. The molecule has 150 valence electrons. The maximum absolute atomic E-state index is 13.1. The van der Waals surface area contributed by atoms with Crippen LogP contribution in [0, 0.1) is 0 Å². The summed E-state index contributed by atoms with van der Waals surface area (Å²) in [6, 6.07) is 3.01. The molecule has 7 heteroatoms. The number of allylic oxidation sites excluding steroid dienone is 2. The normalized spacial score (nSPS) is 17.1. The minimum atomic E-state index is -0.378. The van der Waals surface area contributed by atoms with Crippen LogP contribution >= 0.6 is 0 Å². The van der Waals surface area contributed by atoms with Gasteiger partial charge in [-0.1, -0.05) is 25.2 Å². The minimum absolute atomic E-state index is 0.0981. The first kappa shape index (κ1) is 21.1. The summed E-state index contributed by atoms with van der Waals surface area (Å²) < 4.78 is 15.9. The van der Waals surface area contributed by atoms with E-state index in [1.165, 1.54) is 27.5 Å². The van der Waals surface area contributed by atoms with Crippen molar-refractivity contribution in [3.63, 3.8) is 0 Å². The van der Waals surface area contributed by atoms with Crippen molar-refractivity contribution in [2.45, 2.75) is 25.8 Å². The predicted octanol–water partition coefficient (Wildman–Crippen LogP) is 2.76. The molecule has 0 amide bonds. The largest absolute Gasteiger partial charge is 0.493 e. The van der Waals surface area contributed by atoms with E-state index < -0.39 is 0 Å². The lowest BCUT2D eigenvalue weighted by molar-refractivity contribution is 0.103. The molecule has 0 aromatic heterocycles. The number of amidine groups is 1. The van der Waals surface area contributed by atoms with E-state index in [9.17, 15) is 4.79 Å². The fourth-order valence-electron chi connectivity index (χ4n) is 3.03. The number of hydrogen-bond acceptors (Lipinski definition) is 6. The molecule has 1 aromatic rings. The van der Waals surface area contributed by atoms with Crippen LogP contribution in [-0.4, -0.2) is 39.0 Å². The van der Waals surface area contributed by atoms with Crippen molar-refractivity contribution in [3.05, 3.63) is 53.3 Å². The first-order valence-electron chi connectivity index (χ1n) is 8.96. The van der Waals surface area contributed by atoms with Gasteiger partial charge in [0.1, 0.15) is 5.84 Å². The summed E-state index contributed by atoms with van der Waals surface area (Å²) in [7, 11) is 4.46. The second kappa shape index (κ2) is 9.64. The van der Waals surface area contributed by atoms with Crippen LogP contribution in [0.4, 0.5) is 0 Å². The van der Waals surface area contributed by atoms with Crippen molar-refractivity contribution in [3.8, 4) is 17.2 Å². The molecule has 1 unspecified atom stereocenters. The molecule has 0 saturated carbocycles. The number of carbonyl (C=O) groups excluding carboxylic acids is 1. The monoisotopic (exact) mass is 385 g/mol. The van der Waals surface area contributed by atoms with Gasteiger partial charge in [0.25, 0.3) is 0 Å². The summed E-state index contributed by atoms with van der Waals surface area (Å²) in [5.41, 5.74) is 13.5. The first-order valence-corrected chi connectivity index (χ1v) is 8.96. The van der Waals surface area contributed by atoms with Gasteiger partial charge in [-0.2, -0.15) is 0 Å². The molecule has 1 aromatic carbocycles. The maximum Gasteiger partial charge on any atom is 0.203 e. The molecular formula is C21H27N3O4. The summed E-state index contributed by atoms with van der Waals surface area (Å²) in [6.45, 7) is 2.06. The molecule has 4 N–H and O–H groups in total. The highest BCUT2D eigenvalue weighted by Crippen LogP contribution is 2.38. The molecule has 0 fully saturated rings. The zero-order chi connectivity index (χ0) is 20.7. The van der Waals surface area contributed by atoms with E-state index in [-0.39, 0.29) is 23.2 Å². The highest BCUT2D eigenvalue weighted by atomic mass is 16.5. The Morgan fingerprint density at radius 2 is 1.86 bits per heavy atom. The van der Waals surface area contributed by atoms with Gasteiger partial charge in [-0.15, -0.1) is 0 Å². The van der Waals surface area contributed by atoms with Crippen molar-refractivity contribution >= 4 is 11.6 Å². The van der Waals surface area contributed by atoms with Gasteiger partial charge in [0, 0.05) is 11.8 Å². The quantitative estimate of drug-likeness (QED) is 0.308. The van der Waals surface area contributed by atoms with E-state index in [4.69, 9.17) is 25.7 Å². The number of methoxy groups -OCH3 is 3. The van der Waals surface area contributed by atoms with E-state index in [0.29, 0.717) is 22.8 Å². The number of Topliss-reactive ketones (excluding diaryl/α,β-unsaturated/α-hetero) is 1. The third-order valence-corrected chi connectivity index (χ3v) is 4.55. The van der Waals surface area contributed by atoms with Gasteiger partial charge >= 0.3 is 0 Å².